The summed E-state index contributed by atoms with van der Waals surface area (Å²) in [6.07, 6.45) is -1.32. The molecule has 0 heterocycles. The SMILES string of the molecule is CC(C)(C)OC(=O)N[C@@H](CC(=O)O)c1ccc(F)c(F)c1. The molecular formula is C14H17F2NO4. The number of ether oxygens (including phenoxy) is 1. The number of carboxylic acid groups (broad SMARTS) is 1. The average Bonchev–Trinajstić information content (AvgIpc) is 2.28. The smallest absolute Gasteiger partial charge is 0.408 e. The highest BCUT2D eigenvalue weighted by Gasteiger charge is 2.23. The van der Waals surface area contributed by atoms with Gasteiger partial charge in [0.1, 0.15) is 5.60 Å². The fourth-order valence-electron chi connectivity index (χ4n) is 1.61. The molecule has 0 saturated heterocycles. The molecule has 0 fully saturated rings. The van der Waals surface area contributed by atoms with E-state index >= 15 is 0 Å². The predicted molar refractivity (Wildman–Crippen MR) is 70.7 cm³/mol. The molecule has 5 nitrogen and oxygen atoms in total. The third kappa shape index (κ3) is 5.76. The first-order valence-corrected chi connectivity index (χ1v) is 6.25. The van der Waals surface area contributed by atoms with Crippen LogP contribution in [0.25, 0.3) is 0 Å². The highest BCUT2D eigenvalue weighted by Crippen LogP contribution is 2.20. The van der Waals surface area contributed by atoms with E-state index in [1.165, 1.54) is 6.07 Å². The number of nitrogens with one attached hydrogen (secondary N) is 1. The summed E-state index contributed by atoms with van der Waals surface area (Å²) >= 11 is 0. The van der Waals surface area contributed by atoms with E-state index in [4.69, 9.17) is 9.84 Å². The lowest BCUT2D eigenvalue weighted by molar-refractivity contribution is -0.137. The molecule has 21 heavy (non-hydrogen) atoms. The molecule has 0 aliphatic heterocycles. The quantitative estimate of drug-likeness (QED) is 0.896. The van der Waals surface area contributed by atoms with Crippen LogP contribution in [0.1, 0.15) is 38.8 Å². The minimum Gasteiger partial charge on any atom is -0.481 e. The summed E-state index contributed by atoms with van der Waals surface area (Å²) in [7, 11) is 0. The summed E-state index contributed by atoms with van der Waals surface area (Å²) in [4.78, 5) is 22.5. The Hall–Kier alpha value is -2.18. The van der Waals surface area contributed by atoms with Crippen LogP contribution in [0.15, 0.2) is 18.2 Å². The van der Waals surface area contributed by atoms with E-state index in [1.54, 1.807) is 20.8 Å². The lowest BCUT2D eigenvalue weighted by Crippen LogP contribution is -2.35. The van der Waals surface area contributed by atoms with E-state index in [1.807, 2.05) is 0 Å². The Morgan fingerprint density at radius 3 is 2.38 bits per heavy atom. The molecule has 0 aliphatic carbocycles. The van der Waals surface area contributed by atoms with Crippen molar-refractivity contribution in [2.75, 3.05) is 0 Å². The Morgan fingerprint density at radius 1 is 1.29 bits per heavy atom. The molecule has 0 radical (unpaired) electrons. The molecule has 1 aromatic carbocycles. The van der Waals surface area contributed by atoms with Crippen molar-refractivity contribution in [3.63, 3.8) is 0 Å². The number of carbonyl (C=O) groups excluding carboxylic acids is 1. The second kappa shape index (κ2) is 6.51. The van der Waals surface area contributed by atoms with Gasteiger partial charge in [-0.25, -0.2) is 13.6 Å². The highest BCUT2D eigenvalue weighted by atomic mass is 19.2. The first-order chi connectivity index (χ1) is 9.58. The van der Waals surface area contributed by atoms with E-state index in [-0.39, 0.29) is 5.56 Å². The predicted octanol–water partition coefficient (Wildman–Crippen LogP) is 3.01. The van der Waals surface area contributed by atoms with Gasteiger partial charge in [0, 0.05) is 0 Å². The Balaban J connectivity index is 2.92. The average molecular weight is 301 g/mol. The van der Waals surface area contributed by atoms with Crippen LogP contribution in [0, 0.1) is 11.6 Å². The van der Waals surface area contributed by atoms with Gasteiger partial charge in [-0.05, 0) is 38.5 Å². The van der Waals surface area contributed by atoms with Gasteiger partial charge in [-0.2, -0.15) is 0 Å². The van der Waals surface area contributed by atoms with Crippen LogP contribution in [-0.4, -0.2) is 22.8 Å². The van der Waals surface area contributed by atoms with E-state index in [0.717, 1.165) is 12.1 Å². The summed E-state index contributed by atoms with van der Waals surface area (Å²) in [6, 6.07) is 1.91. The first-order valence-electron chi connectivity index (χ1n) is 6.25. The third-order valence-corrected chi connectivity index (χ3v) is 2.42. The van der Waals surface area contributed by atoms with E-state index in [9.17, 15) is 18.4 Å². The Labute approximate surface area is 120 Å². The first kappa shape index (κ1) is 16.9. The van der Waals surface area contributed by atoms with Crippen LogP contribution in [0.2, 0.25) is 0 Å². The van der Waals surface area contributed by atoms with Crippen molar-refractivity contribution in [2.45, 2.75) is 38.8 Å². The van der Waals surface area contributed by atoms with Gasteiger partial charge in [-0.1, -0.05) is 6.07 Å². The second-order valence-corrected chi connectivity index (χ2v) is 5.47. The van der Waals surface area contributed by atoms with Crippen molar-refractivity contribution in [2.24, 2.45) is 0 Å². The van der Waals surface area contributed by atoms with Gasteiger partial charge < -0.3 is 15.2 Å². The number of alkyl carbamates (subject to hydrolysis) is 1. The minimum atomic E-state index is -1.19. The number of amides is 1. The number of carboxylic acids is 1. The number of carbonyl (C=O) groups is 2. The summed E-state index contributed by atoms with van der Waals surface area (Å²) in [6.45, 7) is 4.95. The van der Waals surface area contributed by atoms with Crippen molar-refractivity contribution < 1.29 is 28.2 Å². The van der Waals surface area contributed by atoms with E-state index in [2.05, 4.69) is 5.32 Å². The fourth-order valence-corrected chi connectivity index (χ4v) is 1.61. The van der Waals surface area contributed by atoms with Gasteiger partial charge in [-0.3, -0.25) is 4.79 Å². The molecule has 0 bridgehead atoms. The molecule has 1 aromatic rings. The molecule has 0 spiro atoms. The number of halogens is 2. The maximum absolute atomic E-state index is 13.2. The van der Waals surface area contributed by atoms with Crippen molar-refractivity contribution in [3.05, 3.63) is 35.4 Å². The van der Waals surface area contributed by atoms with Gasteiger partial charge in [0.15, 0.2) is 11.6 Å². The van der Waals surface area contributed by atoms with Crippen LogP contribution >= 0.6 is 0 Å². The summed E-state index contributed by atoms with van der Waals surface area (Å²) in [5, 5.41) is 11.2. The van der Waals surface area contributed by atoms with Gasteiger partial charge in [0.2, 0.25) is 0 Å². The minimum absolute atomic E-state index is 0.141. The van der Waals surface area contributed by atoms with Crippen LogP contribution in [0.5, 0.6) is 0 Å². The van der Waals surface area contributed by atoms with Crippen molar-refractivity contribution in [1.82, 2.24) is 5.32 Å². The molecule has 0 aromatic heterocycles. The van der Waals surface area contributed by atoms with Gasteiger partial charge in [0.05, 0.1) is 12.5 Å². The molecule has 0 saturated carbocycles. The molecule has 2 N–H and O–H groups in total. The summed E-state index contributed by atoms with van der Waals surface area (Å²) in [5.41, 5.74) is -0.617. The molecule has 0 aliphatic rings. The van der Waals surface area contributed by atoms with Crippen LogP contribution in [0.3, 0.4) is 0 Å². The molecule has 0 unspecified atom stereocenters. The van der Waals surface area contributed by atoms with Crippen molar-refractivity contribution in [3.8, 4) is 0 Å². The molecule has 116 valence electrons. The molecule has 7 heteroatoms. The maximum Gasteiger partial charge on any atom is 0.408 e. The summed E-state index contributed by atoms with van der Waals surface area (Å²) in [5.74, 6) is -3.36. The van der Waals surface area contributed by atoms with Gasteiger partial charge in [0.25, 0.3) is 0 Å². The van der Waals surface area contributed by atoms with E-state index in [0.29, 0.717) is 0 Å². The Bertz CT molecular complexity index is 540. The van der Waals surface area contributed by atoms with Gasteiger partial charge >= 0.3 is 12.1 Å². The number of hydrogen-bond donors (Lipinski definition) is 2. The number of rotatable bonds is 4. The topological polar surface area (TPSA) is 75.6 Å². The fraction of sp³-hybridized carbons (Fsp3) is 0.429. The summed E-state index contributed by atoms with van der Waals surface area (Å²) < 4.78 is 31.1. The molecule has 1 amide bonds. The molecular weight excluding hydrogens is 284 g/mol. The highest BCUT2D eigenvalue weighted by molar-refractivity contribution is 5.72. The number of benzene rings is 1. The van der Waals surface area contributed by atoms with Crippen LogP contribution < -0.4 is 5.32 Å². The van der Waals surface area contributed by atoms with Gasteiger partial charge in [-0.15, -0.1) is 0 Å². The third-order valence-electron chi connectivity index (χ3n) is 2.42. The number of hydrogen-bond acceptors (Lipinski definition) is 3. The number of aliphatic carboxylic acids is 1. The Kier molecular flexibility index (Phi) is 5.23. The second-order valence-electron chi connectivity index (χ2n) is 5.47. The lowest BCUT2D eigenvalue weighted by Gasteiger charge is -2.23. The largest absolute Gasteiger partial charge is 0.481 e. The standard InChI is InChI=1S/C14H17F2NO4/c1-14(2,3)21-13(20)17-11(7-12(18)19)8-4-5-9(15)10(16)6-8/h4-6,11H,7H2,1-3H3,(H,17,20)(H,18,19)/t11-/m0/s1. The molecule has 1 atom stereocenters. The zero-order valence-corrected chi connectivity index (χ0v) is 11.9. The monoisotopic (exact) mass is 301 g/mol. The van der Waals surface area contributed by atoms with Crippen LogP contribution in [-0.2, 0) is 9.53 Å². The van der Waals surface area contributed by atoms with Crippen molar-refractivity contribution >= 4 is 12.1 Å². The lowest BCUT2D eigenvalue weighted by atomic mass is 10.0. The van der Waals surface area contributed by atoms with E-state index < -0.39 is 41.8 Å². The zero-order valence-electron chi connectivity index (χ0n) is 11.9. The normalized spacial score (nSPS) is 12.6. The Morgan fingerprint density at radius 2 is 1.90 bits per heavy atom. The van der Waals surface area contributed by atoms with Crippen LogP contribution in [0.4, 0.5) is 13.6 Å². The molecule has 1 rings (SSSR count). The van der Waals surface area contributed by atoms with Crippen molar-refractivity contribution in [1.29, 1.82) is 0 Å². The zero-order chi connectivity index (χ0) is 16.2. The maximum atomic E-state index is 13.2.